The number of pyridine rings is 1. The van der Waals surface area contributed by atoms with Gasteiger partial charge in [0.15, 0.2) is 5.65 Å². The van der Waals surface area contributed by atoms with Crippen LogP contribution in [-0.4, -0.2) is 21.7 Å². The maximum atomic E-state index is 14.2. The van der Waals surface area contributed by atoms with E-state index in [0.29, 0.717) is 11.3 Å². The highest BCUT2D eigenvalue weighted by Gasteiger charge is 2.14. The Morgan fingerprint density at radius 2 is 1.89 bits per heavy atom. The number of ether oxygens (including phenoxy) is 1. The Bertz CT molecular complexity index is 1120. The van der Waals surface area contributed by atoms with E-state index >= 15 is 0 Å². The highest BCUT2D eigenvalue weighted by atomic mass is 19.1. The predicted octanol–water partition coefficient (Wildman–Crippen LogP) is 4.72. The third-order valence-corrected chi connectivity index (χ3v) is 4.89. The molecule has 6 heteroatoms. The fraction of sp³-hybridized carbons (Fsp3) is 0.182. The summed E-state index contributed by atoms with van der Waals surface area (Å²) in [5, 5.41) is 11.7. The second kappa shape index (κ2) is 7.68. The zero-order valence-corrected chi connectivity index (χ0v) is 15.8. The summed E-state index contributed by atoms with van der Waals surface area (Å²) in [4.78, 5) is 0. The predicted molar refractivity (Wildman–Crippen MR) is 108 cm³/mol. The summed E-state index contributed by atoms with van der Waals surface area (Å²) in [6, 6.07) is 17.1. The van der Waals surface area contributed by atoms with Crippen molar-refractivity contribution in [2.24, 2.45) is 0 Å². The van der Waals surface area contributed by atoms with Crippen LogP contribution < -0.4 is 10.1 Å². The van der Waals surface area contributed by atoms with Gasteiger partial charge in [0.1, 0.15) is 23.7 Å². The van der Waals surface area contributed by atoms with Crippen LogP contribution in [0.2, 0.25) is 0 Å². The quantitative estimate of drug-likeness (QED) is 0.529. The summed E-state index contributed by atoms with van der Waals surface area (Å²) in [7, 11) is 1.54. The summed E-state index contributed by atoms with van der Waals surface area (Å²) in [5.41, 5.74) is 4.65. The molecule has 0 amide bonds. The van der Waals surface area contributed by atoms with Gasteiger partial charge < -0.3 is 10.1 Å². The molecule has 0 saturated carbocycles. The Kier molecular flexibility index (Phi) is 4.93. The van der Waals surface area contributed by atoms with Gasteiger partial charge >= 0.3 is 0 Å². The monoisotopic (exact) mass is 376 g/mol. The average molecular weight is 376 g/mol. The number of aryl methyl sites for hydroxylation is 1. The molecule has 0 spiro atoms. The van der Waals surface area contributed by atoms with E-state index in [2.05, 4.69) is 34.6 Å². The maximum absolute atomic E-state index is 14.2. The molecule has 5 nitrogen and oxygen atoms in total. The molecule has 0 radical (unpaired) electrons. The van der Waals surface area contributed by atoms with Crippen LogP contribution in [0.4, 0.5) is 10.2 Å². The van der Waals surface area contributed by atoms with Gasteiger partial charge in [-0.05, 0) is 41.8 Å². The van der Waals surface area contributed by atoms with Gasteiger partial charge in [-0.1, -0.05) is 37.3 Å². The Balaban J connectivity index is 1.71. The van der Waals surface area contributed by atoms with Gasteiger partial charge in [-0.25, -0.2) is 4.39 Å². The van der Waals surface area contributed by atoms with E-state index in [1.165, 1.54) is 18.7 Å². The van der Waals surface area contributed by atoms with E-state index in [1.807, 2.05) is 28.7 Å². The number of benzene rings is 2. The molecule has 0 atom stereocenters. The van der Waals surface area contributed by atoms with Crippen LogP contribution in [0.3, 0.4) is 0 Å². The van der Waals surface area contributed by atoms with Gasteiger partial charge in [0.05, 0.1) is 7.11 Å². The van der Waals surface area contributed by atoms with Crippen molar-refractivity contribution < 1.29 is 9.13 Å². The van der Waals surface area contributed by atoms with Crippen molar-refractivity contribution in [2.75, 3.05) is 12.4 Å². The van der Waals surface area contributed by atoms with E-state index < -0.39 is 0 Å². The number of methoxy groups -OCH3 is 1. The molecule has 0 aliphatic rings. The maximum Gasteiger partial charge on any atom is 0.170 e. The Labute approximate surface area is 162 Å². The molecule has 0 aliphatic heterocycles. The lowest BCUT2D eigenvalue weighted by Crippen LogP contribution is -2.07. The van der Waals surface area contributed by atoms with Gasteiger partial charge in [-0.15, -0.1) is 10.2 Å². The second-order valence-corrected chi connectivity index (χ2v) is 6.44. The fourth-order valence-electron chi connectivity index (χ4n) is 3.44. The number of halogens is 1. The number of aromatic nitrogens is 3. The van der Waals surface area contributed by atoms with Crippen molar-refractivity contribution in [3.8, 4) is 16.9 Å². The van der Waals surface area contributed by atoms with Crippen molar-refractivity contribution >= 4 is 11.5 Å². The first-order valence-electron chi connectivity index (χ1n) is 9.19. The molecule has 142 valence electrons. The Morgan fingerprint density at radius 3 is 2.71 bits per heavy atom. The number of hydrogen-bond donors (Lipinski definition) is 1. The summed E-state index contributed by atoms with van der Waals surface area (Å²) in [6.45, 7) is 2.42. The normalized spacial score (nSPS) is 11.0. The number of fused-ring (bicyclic) bond motifs is 1. The van der Waals surface area contributed by atoms with E-state index in [9.17, 15) is 4.39 Å². The molecule has 0 bridgehead atoms. The highest BCUT2D eigenvalue weighted by Crippen LogP contribution is 2.30. The molecule has 4 rings (SSSR count). The summed E-state index contributed by atoms with van der Waals surface area (Å²) < 4.78 is 21.4. The molecule has 0 aliphatic carbocycles. The number of rotatable bonds is 6. The van der Waals surface area contributed by atoms with Crippen molar-refractivity contribution in [3.63, 3.8) is 0 Å². The van der Waals surface area contributed by atoms with Gasteiger partial charge in [0, 0.05) is 17.7 Å². The molecule has 2 heterocycles. The van der Waals surface area contributed by atoms with Gasteiger partial charge in [0.2, 0.25) is 0 Å². The lowest BCUT2D eigenvalue weighted by Gasteiger charge is -2.14. The molecule has 0 saturated heterocycles. The zero-order valence-electron chi connectivity index (χ0n) is 15.8. The smallest absolute Gasteiger partial charge is 0.170 e. The van der Waals surface area contributed by atoms with Crippen molar-refractivity contribution in [2.45, 2.75) is 19.9 Å². The van der Waals surface area contributed by atoms with Crippen LogP contribution in [0, 0.1) is 5.82 Å². The van der Waals surface area contributed by atoms with Gasteiger partial charge in [-0.3, -0.25) is 4.40 Å². The third kappa shape index (κ3) is 3.17. The largest absolute Gasteiger partial charge is 0.496 e. The average Bonchev–Trinajstić information content (AvgIpc) is 3.22. The second-order valence-electron chi connectivity index (χ2n) is 6.44. The van der Waals surface area contributed by atoms with Gasteiger partial charge in [-0.2, -0.15) is 0 Å². The molecular formula is C22H21FN4O. The minimum Gasteiger partial charge on any atom is -0.496 e. The van der Waals surface area contributed by atoms with Crippen LogP contribution in [-0.2, 0) is 13.0 Å². The van der Waals surface area contributed by atoms with Crippen LogP contribution >= 0.6 is 0 Å². The number of anilines is 1. The van der Waals surface area contributed by atoms with Gasteiger partial charge in [0.25, 0.3) is 0 Å². The number of nitrogens with zero attached hydrogens (tertiary/aromatic N) is 3. The lowest BCUT2D eigenvalue weighted by atomic mass is 9.99. The van der Waals surface area contributed by atoms with E-state index in [4.69, 9.17) is 4.74 Å². The van der Waals surface area contributed by atoms with Crippen LogP contribution in [0.1, 0.15) is 18.1 Å². The first-order chi connectivity index (χ1) is 13.7. The first kappa shape index (κ1) is 18.0. The van der Waals surface area contributed by atoms with E-state index in [-0.39, 0.29) is 12.4 Å². The molecular weight excluding hydrogens is 355 g/mol. The Morgan fingerprint density at radius 1 is 1.04 bits per heavy atom. The van der Waals surface area contributed by atoms with Crippen molar-refractivity contribution in [1.29, 1.82) is 0 Å². The molecule has 0 unspecified atom stereocenters. The van der Waals surface area contributed by atoms with E-state index in [1.54, 1.807) is 18.5 Å². The lowest BCUT2D eigenvalue weighted by molar-refractivity contribution is 0.405. The topological polar surface area (TPSA) is 51.5 Å². The highest BCUT2D eigenvalue weighted by molar-refractivity contribution is 5.81. The summed E-state index contributed by atoms with van der Waals surface area (Å²) in [5.74, 6) is 0.990. The minimum absolute atomic E-state index is 0.286. The zero-order chi connectivity index (χ0) is 19.5. The number of nitrogens with one attached hydrogen (secondary N) is 1. The third-order valence-electron chi connectivity index (χ3n) is 4.89. The molecule has 2 aromatic carbocycles. The summed E-state index contributed by atoms with van der Waals surface area (Å²) in [6.07, 6.45) is 2.60. The van der Waals surface area contributed by atoms with Crippen molar-refractivity contribution in [1.82, 2.24) is 14.6 Å². The van der Waals surface area contributed by atoms with Crippen molar-refractivity contribution in [3.05, 3.63) is 77.9 Å². The molecule has 1 N–H and O–H groups in total. The molecule has 28 heavy (non-hydrogen) atoms. The number of hydrogen-bond acceptors (Lipinski definition) is 4. The minimum atomic E-state index is -0.305. The first-order valence-corrected chi connectivity index (χ1v) is 9.19. The molecule has 2 aromatic heterocycles. The Hall–Kier alpha value is -3.41. The molecule has 4 aromatic rings. The van der Waals surface area contributed by atoms with Crippen LogP contribution in [0.25, 0.3) is 16.8 Å². The SMILES string of the molecule is CCc1ccccc1-c1ccc(NCc2c(F)cccc2OC)n2cnnc12. The standard InChI is InChI=1S/C22H21FN4O/c1-3-15-7-4-5-8-16(15)17-11-12-21(27-14-25-26-22(17)27)24-13-18-19(23)9-6-10-20(18)28-2/h4-12,14,24H,3,13H2,1-2H3. The van der Waals surface area contributed by atoms with Crippen LogP contribution in [0.5, 0.6) is 5.75 Å². The molecule has 0 fully saturated rings. The van der Waals surface area contributed by atoms with E-state index in [0.717, 1.165) is 29.0 Å². The van der Waals surface area contributed by atoms with Crippen LogP contribution in [0.15, 0.2) is 60.9 Å². The summed E-state index contributed by atoms with van der Waals surface area (Å²) >= 11 is 0. The fourth-order valence-corrected chi connectivity index (χ4v) is 3.44.